The Labute approximate surface area is 188 Å². The number of carbonyl (C=O) groups is 3. The van der Waals surface area contributed by atoms with Crippen LogP contribution in [0.2, 0.25) is 0 Å². The van der Waals surface area contributed by atoms with Gasteiger partial charge in [-0.3, -0.25) is 4.79 Å². The number of alkyl carbamates (subject to hydrolysis) is 1. The average Bonchev–Trinajstić information content (AvgIpc) is 2.63. The predicted molar refractivity (Wildman–Crippen MR) is 116 cm³/mol. The zero-order valence-electron chi connectivity index (χ0n) is 20.2. The second-order valence-electron chi connectivity index (χ2n) is 9.47. The number of carbonyl (C=O) groups excluding carboxylic acids is 3. The van der Waals surface area contributed by atoms with Crippen molar-refractivity contribution >= 4 is 18.0 Å². The van der Waals surface area contributed by atoms with Gasteiger partial charge in [0.05, 0.1) is 12.5 Å². The van der Waals surface area contributed by atoms with Crippen molar-refractivity contribution in [3.8, 4) is 5.75 Å². The van der Waals surface area contributed by atoms with Gasteiger partial charge in [0.2, 0.25) is 0 Å². The summed E-state index contributed by atoms with van der Waals surface area (Å²) in [6, 6.07) is 2.72. The lowest BCUT2D eigenvalue weighted by molar-refractivity contribution is -0.174. The minimum atomic E-state index is -1.07. The van der Waals surface area contributed by atoms with E-state index >= 15 is 0 Å². The van der Waals surface area contributed by atoms with Crippen LogP contribution in [-0.4, -0.2) is 42.9 Å². The van der Waals surface area contributed by atoms with E-state index < -0.39 is 53.1 Å². The fraction of sp³-hybridized carbons (Fsp3) is 0.609. The number of nitrogens with one attached hydrogen (secondary N) is 1. The van der Waals surface area contributed by atoms with Gasteiger partial charge in [0.1, 0.15) is 29.3 Å². The molecular formula is C23H34FNO7. The highest BCUT2D eigenvalue weighted by atomic mass is 19.1. The van der Waals surface area contributed by atoms with Crippen LogP contribution in [-0.2, 0) is 23.8 Å². The Morgan fingerprint density at radius 3 is 2.09 bits per heavy atom. The summed E-state index contributed by atoms with van der Waals surface area (Å²) >= 11 is 0. The summed E-state index contributed by atoms with van der Waals surface area (Å²) in [6.45, 7) is 13.1. The first kappa shape index (κ1) is 27.2. The van der Waals surface area contributed by atoms with Crippen LogP contribution in [0.3, 0.4) is 0 Å². The molecule has 180 valence electrons. The van der Waals surface area contributed by atoms with Gasteiger partial charge in [-0.25, -0.2) is 14.0 Å². The maximum atomic E-state index is 13.7. The Hall–Kier alpha value is -2.84. The van der Waals surface area contributed by atoms with E-state index in [9.17, 15) is 18.8 Å². The summed E-state index contributed by atoms with van der Waals surface area (Å²) in [5, 5.41) is 2.40. The van der Waals surface area contributed by atoms with Gasteiger partial charge in [0.15, 0.2) is 6.10 Å². The molecule has 3 atom stereocenters. The third-order valence-electron chi connectivity index (χ3n) is 4.16. The van der Waals surface area contributed by atoms with Gasteiger partial charge >= 0.3 is 18.0 Å². The highest BCUT2D eigenvalue weighted by Gasteiger charge is 2.34. The number of ether oxygens (including phenoxy) is 4. The number of esters is 2. The third kappa shape index (κ3) is 8.36. The minimum absolute atomic E-state index is 0.138. The molecule has 0 saturated heterocycles. The Morgan fingerprint density at radius 1 is 1.00 bits per heavy atom. The molecule has 1 rings (SSSR count). The molecular weight excluding hydrogens is 421 g/mol. The number of halogens is 1. The normalized spacial score (nSPS) is 14.6. The van der Waals surface area contributed by atoms with E-state index in [-0.39, 0.29) is 5.75 Å². The first-order chi connectivity index (χ1) is 14.5. The van der Waals surface area contributed by atoms with E-state index in [2.05, 4.69) is 5.32 Å². The summed E-state index contributed by atoms with van der Waals surface area (Å²) in [4.78, 5) is 37.0. The first-order valence-electron chi connectivity index (χ1n) is 10.3. The van der Waals surface area contributed by atoms with Gasteiger partial charge in [0, 0.05) is 11.6 Å². The monoisotopic (exact) mass is 455 g/mol. The number of hydrogen-bond acceptors (Lipinski definition) is 7. The number of benzene rings is 1. The molecule has 9 heteroatoms. The molecule has 0 fully saturated rings. The van der Waals surface area contributed by atoms with Gasteiger partial charge < -0.3 is 24.3 Å². The summed E-state index contributed by atoms with van der Waals surface area (Å²) in [5.74, 6) is -1.70. The smallest absolute Gasteiger partial charge is 0.408 e. The lowest BCUT2D eigenvalue weighted by Gasteiger charge is -2.29. The molecule has 32 heavy (non-hydrogen) atoms. The standard InChI is InChI=1S/C23H34FNO7/c1-13(25-21(28)32-23(6,7)8)19(26)30-14(2)18(31-20(27)22(3,4)5)16-11-10-15(24)12-17(16)29-9/h10-14,18H,1-9H3,(H,25,28)/t13-,14-,18-/m0/s1. The van der Waals surface area contributed by atoms with Gasteiger partial charge in [0.25, 0.3) is 0 Å². The van der Waals surface area contributed by atoms with Crippen molar-refractivity contribution in [1.82, 2.24) is 5.32 Å². The van der Waals surface area contributed by atoms with Crippen molar-refractivity contribution < 1.29 is 37.7 Å². The van der Waals surface area contributed by atoms with E-state index in [0.29, 0.717) is 5.56 Å². The average molecular weight is 456 g/mol. The molecule has 0 aromatic heterocycles. The molecule has 0 aliphatic heterocycles. The number of amides is 1. The second kappa shape index (κ2) is 10.7. The van der Waals surface area contributed by atoms with Gasteiger partial charge in [-0.15, -0.1) is 0 Å². The molecule has 1 amide bonds. The lowest BCUT2D eigenvalue weighted by atomic mass is 9.96. The van der Waals surface area contributed by atoms with Crippen molar-refractivity contribution in [1.29, 1.82) is 0 Å². The number of hydrogen-bond donors (Lipinski definition) is 1. The van der Waals surface area contributed by atoms with Crippen molar-refractivity contribution in [3.63, 3.8) is 0 Å². The van der Waals surface area contributed by atoms with Crippen LogP contribution >= 0.6 is 0 Å². The minimum Gasteiger partial charge on any atom is -0.496 e. The lowest BCUT2D eigenvalue weighted by Crippen LogP contribution is -2.44. The van der Waals surface area contributed by atoms with Crippen LogP contribution in [0.1, 0.15) is 67.1 Å². The van der Waals surface area contributed by atoms with Crippen LogP contribution in [0, 0.1) is 11.2 Å². The van der Waals surface area contributed by atoms with Crippen LogP contribution in [0.25, 0.3) is 0 Å². The summed E-state index contributed by atoms with van der Waals surface area (Å²) in [6.07, 6.45) is -2.82. The van der Waals surface area contributed by atoms with E-state index in [1.165, 1.54) is 33.1 Å². The summed E-state index contributed by atoms with van der Waals surface area (Å²) < 4.78 is 35.2. The highest BCUT2D eigenvalue weighted by Crippen LogP contribution is 2.34. The summed E-state index contributed by atoms with van der Waals surface area (Å²) in [7, 11) is 1.35. The fourth-order valence-electron chi connectivity index (χ4n) is 2.51. The van der Waals surface area contributed by atoms with Crippen LogP contribution in [0.5, 0.6) is 5.75 Å². The Balaban J connectivity index is 3.08. The molecule has 0 aliphatic rings. The second-order valence-corrected chi connectivity index (χ2v) is 9.47. The molecule has 8 nitrogen and oxygen atoms in total. The number of methoxy groups -OCH3 is 1. The molecule has 0 unspecified atom stereocenters. The highest BCUT2D eigenvalue weighted by molar-refractivity contribution is 5.81. The van der Waals surface area contributed by atoms with E-state index in [0.717, 1.165) is 6.07 Å². The van der Waals surface area contributed by atoms with E-state index in [1.807, 2.05) is 0 Å². The molecule has 1 N–H and O–H groups in total. The van der Waals surface area contributed by atoms with Gasteiger partial charge in [-0.1, -0.05) is 0 Å². The molecule has 1 aromatic carbocycles. The first-order valence-corrected chi connectivity index (χ1v) is 10.3. The maximum absolute atomic E-state index is 13.7. The maximum Gasteiger partial charge on any atom is 0.408 e. The fourth-order valence-corrected chi connectivity index (χ4v) is 2.51. The quantitative estimate of drug-likeness (QED) is 0.483. The van der Waals surface area contributed by atoms with Crippen LogP contribution < -0.4 is 10.1 Å². The largest absolute Gasteiger partial charge is 0.496 e. The van der Waals surface area contributed by atoms with Crippen molar-refractivity contribution in [2.24, 2.45) is 5.41 Å². The van der Waals surface area contributed by atoms with Crippen LogP contribution in [0.4, 0.5) is 9.18 Å². The predicted octanol–water partition coefficient (Wildman–Crippen LogP) is 4.31. The van der Waals surface area contributed by atoms with Crippen molar-refractivity contribution in [3.05, 3.63) is 29.6 Å². The zero-order chi connectivity index (χ0) is 24.9. The Bertz CT molecular complexity index is 827. The SMILES string of the molecule is COc1cc(F)ccc1[C@@H](OC(=O)C(C)(C)C)[C@H](C)OC(=O)[C@H](C)NC(=O)OC(C)(C)C. The Kier molecular flexibility index (Phi) is 9.05. The molecule has 0 heterocycles. The molecule has 0 spiro atoms. The van der Waals surface area contributed by atoms with Gasteiger partial charge in [-0.2, -0.15) is 0 Å². The molecule has 0 saturated carbocycles. The van der Waals surface area contributed by atoms with E-state index in [1.54, 1.807) is 41.5 Å². The molecule has 0 aliphatic carbocycles. The van der Waals surface area contributed by atoms with E-state index in [4.69, 9.17) is 18.9 Å². The zero-order valence-corrected chi connectivity index (χ0v) is 20.2. The summed E-state index contributed by atoms with van der Waals surface area (Å²) in [5.41, 5.74) is -1.23. The van der Waals surface area contributed by atoms with Crippen molar-refractivity contribution in [2.75, 3.05) is 7.11 Å². The molecule has 0 radical (unpaired) electrons. The van der Waals surface area contributed by atoms with Gasteiger partial charge in [-0.05, 0) is 67.5 Å². The molecule has 1 aromatic rings. The van der Waals surface area contributed by atoms with Crippen molar-refractivity contribution in [2.45, 2.75) is 79.2 Å². The topological polar surface area (TPSA) is 100 Å². The number of rotatable bonds is 7. The third-order valence-corrected chi connectivity index (χ3v) is 4.16. The molecule has 0 bridgehead atoms. The van der Waals surface area contributed by atoms with Crippen LogP contribution in [0.15, 0.2) is 18.2 Å². The Morgan fingerprint density at radius 2 is 1.59 bits per heavy atom.